The second kappa shape index (κ2) is 6.58. The van der Waals surface area contributed by atoms with Gasteiger partial charge >= 0.3 is 0 Å². The predicted molar refractivity (Wildman–Crippen MR) is 81.4 cm³/mol. The molecule has 2 aromatic rings. The summed E-state index contributed by atoms with van der Waals surface area (Å²) in [5, 5.41) is 10.8. The van der Waals surface area contributed by atoms with Gasteiger partial charge in [-0.3, -0.25) is 4.79 Å². The molecular formula is C12H14N4O2S2. The third-order valence-corrected chi connectivity index (χ3v) is 4.26. The molecule has 0 radical (unpaired) electrons. The van der Waals surface area contributed by atoms with E-state index in [0.717, 1.165) is 5.56 Å². The lowest BCUT2D eigenvalue weighted by Crippen LogP contribution is -2.14. The molecule has 2 rings (SSSR count). The van der Waals surface area contributed by atoms with Crippen LogP contribution < -0.4 is 15.8 Å². The Hall–Kier alpha value is -1.80. The molecule has 1 aromatic heterocycles. The summed E-state index contributed by atoms with van der Waals surface area (Å²) in [6.07, 6.45) is 0. The number of anilines is 2. The number of nitrogens with two attached hydrogens (primary N) is 1. The number of hydrogen-bond acceptors (Lipinski definition) is 7. The zero-order valence-electron chi connectivity index (χ0n) is 11.0. The highest BCUT2D eigenvalue weighted by Crippen LogP contribution is 2.27. The molecule has 0 unspecified atom stereocenters. The molecule has 8 heteroatoms. The normalized spacial score (nSPS) is 10.3. The molecule has 0 bridgehead atoms. The van der Waals surface area contributed by atoms with E-state index in [9.17, 15) is 4.79 Å². The molecule has 20 heavy (non-hydrogen) atoms. The van der Waals surface area contributed by atoms with Crippen LogP contribution in [0.5, 0.6) is 5.75 Å². The number of hydrogen-bond donors (Lipinski definition) is 2. The molecule has 1 amide bonds. The maximum absolute atomic E-state index is 11.9. The van der Waals surface area contributed by atoms with Crippen molar-refractivity contribution in [1.82, 2.24) is 10.2 Å². The van der Waals surface area contributed by atoms with Gasteiger partial charge in [-0.2, -0.15) is 0 Å². The first kappa shape index (κ1) is 14.6. The van der Waals surface area contributed by atoms with Crippen LogP contribution in [0.3, 0.4) is 0 Å². The van der Waals surface area contributed by atoms with E-state index in [1.165, 1.54) is 23.1 Å². The Morgan fingerprint density at radius 2 is 2.30 bits per heavy atom. The van der Waals surface area contributed by atoms with Crippen molar-refractivity contribution in [1.29, 1.82) is 0 Å². The van der Waals surface area contributed by atoms with E-state index in [-0.39, 0.29) is 11.7 Å². The molecule has 0 atom stereocenters. The van der Waals surface area contributed by atoms with Crippen molar-refractivity contribution < 1.29 is 9.53 Å². The zero-order valence-corrected chi connectivity index (χ0v) is 12.7. The Labute approximate surface area is 124 Å². The van der Waals surface area contributed by atoms with Gasteiger partial charge in [0.2, 0.25) is 11.0 Å². The Morgan fingerprint density at radius 3 is 2.95 bits per heavy atom. The van der Waals surface area contributed by atoms with Crippen molar-refractivity contribution in [3.63, 3.8) is 0 Å². The number of nitrogens with one attached hydrogen (secondary N) is 1. The second-order valence-electron chi connectivity index (χ2n) is 3.95. The standard InChI is InChI=1S/C12H14N4O2S2/c1-7-3-4-9(18-2)8(5-7)14-10(17)6-19-12-16-15-11(13)20-12/h3-5H,6H2,1-2H3,(H2,13,15)(H,14,17). The quantitative estimate of drug-likeness (QED) is 0.823. The van der Waals surface area contributed by atoms with Crippen molar-refractivity contribution in [2.45, 2.75) is 11.3 Å². The van der Waals surface area contributed by atoms with Crippen LogP contribution in [0.25, 0.3) is 0 Å². The van der Waals surface area contributed by atoms with Crippen LogP contribution in [0.4, 0.5) is 10.8 Å². The fraction of sp³-hybridized carbons (Fsp3) is 0.250. The van der Waals surface area contributed by atoms with E-state index in [1.807, 2.05) is 25.1 Å². The number of amides is 1. The van der Waals surface area contributed by atoms with Gasteiger partial charge in [0.25, 0.3) is 0 Å². The van der Waals surface area contributed by atoms with Crippen molar-refractivity contribution in [3.8, 4) is 5.75 Å². The number of nitrogens with zero attached hydrogens (tertiary/aromatic N) is 2. The zero-order chi connectivity index (χ0) is 14.5. The molecule has 0 saturated heterocycles. The number of aryl methyl sites for hydroxylation is 1. The molecule has 0 aliphatic heterocycles. The minimum atomic E-state index is -0.132. The molecule has 0 aliphatic rings. The molecule has 6 nitrogen and oxygen atoms in total. The molecule has 0 spiro atoms. The number of benzene rings is 1. The monoisotopic (exact) mass is 310 g/mol. The number of thioether (sulfide) groups is 1. The average Bonchev–Trinajstić information content (AvgIpc) is 2.83. The van der Waals surface area contributed by atoms with Crippen molar-refractivity contribution in [2.24, 2.45) is 0 Å². The summed E-state index contributed by atoms with van der Waals surface area (Å²) in [5.41, 5.74) is 7.19. The Bertz CT molecular complexity index is 615. The van der Waals surface area contributed by atoms with Crippen LogP contribution in [0, 0.1) is 6.92 Å². The lowest BCUT2D eigenvalue weighted by atomic mass is 10.2. The smallest absolute Gasteiger partial charge is 0.234 e. The molecule has 1 aromatic carbocycles. The van der Waals surface area contributed by atoms with Gasteiger partial charge in [0.15, 0.2) is 4.34 Å². The lowest BCUT2D eigenvalue weighted by molar-refractivity contribution is -0.113. The number of methoxy groups -OCH3 is 1. The van der Waals surface area contributed by atoms with E-state index >= 15 is 0 Å². The number of rotatable bonds is 5. The summed E-state index contributed by atoms with van der Waals surface area (Å²) in [4.78, 5) is 11.9. The van der Waals surface area contributed by atoms with E-state index in [0.29, 0.717) is 20.9 Å². The third kappa shape index (κ3) is 3.84. The van der Waals surface area contributed by atoms with Crippen LogP contribution in [-0.4, -0.2) is 29.0 Å². The summed E-state index contributed by atoms with van der Waals surface area (Å²) in [6, 6.07) is 5.61. The van der Waals surface area contributed by atoms with Gasteiger partial charge in [-0.25, -0.2) is 0 Å². The molecule has 0 saturated carbocycles. The summed E-state index contributed by atoms with van der Waals surface area (Å²) in [5.74, 6) is 0.743. The first-order valence-corrected chi connectivity index (χ1v) is 7.55. The number of carbonyl (C=O) groups excluding carboxylic acids is 1. The number of carbonyl (C=O) groups is 1. The van der Waals surface area contributed by atoms with Crippen LogP contribution >= 0.6 is 23.1 Å². The maximum Gasteiger partial charge on any atom is 0.234 e. The molecule has 3 N–H and O–H groups in total. The summed E-state index contributed by atoms with van der Waals surface area (Å²) >= 11 is 2.56. The molecule has 0 aliphatic carbocycles. The molecule has 106 valence electrons. The number of ether oxygens (including phenoxy) is 1. The lowest BCUT2D eigenvalue weighted by Gasteiger charge is -2.10. The summed E-state index contributed by atoms with van der Waals surface area (Å²) in [7, 11) is 1.57. The van der Waals surface area contributed by atoms with Gasteiger partial charge in [-0.1, -0.05) is 29.2 Å². The van der Waals surface area contributed by atoms with Crippen molar-refractivity contribution >= 4 is 39.8 Å². The summed E-state index contributed by atoms with van der Waals surface area (Å²) in [6.45, 7) is 1.95. The number of aromatic nitrogens is 2. The van der Waals surface area contributed by atoms with Gasteiger partial charge in [0, 0.05) is 0 Å². The topological polar surface area (TPSA) is 90.1 Å². The van der Waals surface area contributed by atoms with Crippen LogP contribution in [0.15, 0.2) is 22.5 Å². The highest BCUT2D eigenvalue weighted by atomic mass is 32.2. The van der Waals surface area contributed by atoms with Crippen LogP contribution in [0.1, 0.15) is 5.56 Å². The number of nitrogen functional groups attached to an aromatic ring is 1. The van der Waals surface area contributed by atoms with E-state index in [4.69, 9.17) is 10.5 Å². The van der Waals surface area contributed by atoms with E-state index in [2.05, 4.69) is 15.5 Å². The Kier molecular flexibility index (Phi) is 4.80. The van der Waals surface area contributed by atoms with Gasteiger partial charge in [-0.15, -0.1) is 10.2 Å². The molecule has 0 fully saturated rings. The average molecular weight is 310 g/mol. The van der Waals surface area contributed by atoms with Gasteiger partial charge < -0.3 is 15.8 Å². The first-order chi connectivity index (χ1) is 9.58. The van der Waals surface area contributed by atoms with E-state index < -0.39 is 0 Å². The second-order valence-corrected chi connectivity index (χ2v) is 6.18. The fourth-order valence-electron chi connectivity index (χ4n) is 1.51. The fourth-order valence-corrected chi connectivity index (χ4v) is 2.95. The SMILES string of the molecule is COc1ccc(C)cc1NC(=O)CSc1nnc(N)s1. The maximum atomic E-state index is 11.9. The first-order valence-electron chi connectivity index (χ1n) is 5.75. The van der Waals surface area contributed by atoms with Gasteiger partial charge in [-0.05, 0) is 24.6 Å². The minimum absolute atomic E-state index is 0.132. The van der Waals surface area contributed by atoms with Gasteiger partial charge in [0.1, 0.15) is 5.75 Å². The molecular weight excluding hydrogens is 296 g/mol. The van der Waals surface area contributed by atoms with Crippen molar-refractivity contribution in [2.75, 3.05) is 23.9 Å². The van der Waals surface area contributed by atoms with E-state index in [1.54, 1.807) is 7.11 Å². The highest BCUT2D eigenvalue weighted by molar-refractivity contribution is 8.01. The van der Waals surface area contributed by atoms with Crippen molar-refractivity contribution in [3.05, 3.63) is 23.8 Å². The minimum Gasteiger partial charge on any atom is -0.495 e. The largest absolute Gasteiger partial charge is 0.495 e. The van der Waals surface area contributed by atoms with Crippen LogP contribution in [-0.2, 0) is 4.79 Å². The highest BCUT2D eigenvalue weighted by Gasteiger charge is 2.10. The van der Waals surface area contributed by atoms with Crippen LogP contribution in [0.2, 0.25) is 0 Å². The van der Waals surface area contributed by atoms with Gasteiger partial charge in [0.05, 0.1) is 18.6 Å². The summed E-state index contributed by atoms with van der Waals surface area (Å²) < 4.78 is 5.88. The Balaban J connectivity index is 1.96. The molecule has 1 heterocycles. The third-order valence-electron chi connectivity index (χ3n) is 2.38. The Morgan fingerprint density at radius 1 is 1.50 bits per heavy atom. The predicted octanol–water partition coefficient (Wildman–Crippen LogP) is 2.17.